The first-order valence-corrected chi connectivity index (χ1v) is 13.9. The summed E-state index contributed by atoms with van der Waals surface area (Å²) in [6.07, 6.45) is 3.08. The van der Waals surface area contributed by atoms with Gasteiger partial charge in [0.05, 0.1) is 18.0 Å². The van der Waals surface area contributed by atoms with Gasteiger partial charge >= 0.3 is 0 Å². The van der Waals surface area contributed by atoms with Gasteiger partial charge < -0.3 is 30.3 Å². The van der Waals surface area contributed by atoms with Crippen LogP contribution in [0.4, 0.5) is 23.0 Å². The molecule has 2 aromatic heterocycles. The van der Waals surface area contributed by atoms with E-state index in [1.165, 1.54) is 6.08 Å². The summed E-state index contributed by atoms with van der Waals surface area (Å²) in [6, 6.07) is 15.0. The van der Waals surface area contributed by atoms with Crippen LogP contribution in [0.25, 0.3) is 16.7 Å². The van der Waals surface area contributed by atoms with Crippen molar-refractivity contribution in [1.82, 2.24) is 19.4 Å². The molecule has 1 aliphatic rings. The minimum atomic E-state index is -0.915. The molecule has 3 heterocycles. The summed E-state index contributed by atoms with van der Waals surface area (Å²) in [7, 11) is 2.14. The van der Waals surface area contributed by atoms with Crippen LogP contribution in [0.15, 0.2) is 72.2 Å². The van der Waals surface area contributed by atoms with Gasteiger partial charge in [0.2, 0.25) is 5.95 Å². The fraction of sp³-hybridized carbons (Fsp3) is 0.323. The van der Waals surface area contributed by atoms with E-state index in [2.05, 4.69) is 58.1 Å². The van der Waals surface area contributed by atoms with Crippen LogP contribution in [-0.4, -0.2) is 70.6 Å². The molecule has 0 bridgehead atoms. The summed E-state index contributed by atoms with van der Waals surface area (Å²) in [5, 5.41) is 17.0. The fourth-order valence-corrected chi connectivity index (χ4v) is 4.86. The van der Waals surface area contributed by atoms with Crippen molar-refractivity contribution >= 4 is 34.0 Å². The molecule has 0 aliphatic carbocycles. The third kappa shape index (κ3) is 6.34. The van der Waals surface area contributed by atoms with Gasteiger partial charge in [0.1, 0.15) is 12.0 Å². The number of pyridine rings is 1. The Bertz CT molecular complexity index is 1590. The van der Waals surface area contributed by atoms with Gasteiger partial charge in [-0.1, -0.05) is 19.6 Å². The van der Waals surface area contributed by atoms with Crippen LogP contribution < -0.4 is 25.8 Å². The van der Waals surface area contributed by atoms with Gasteiger partial charge in [0.25, 0.3) is 5.56 Å². The minimum absolute atomic E-state index is 0.218. The molecular weight excluding hydrogens is 518 g/mol. The first-order valence-electron chi connectivity index (χ1n) is 13.9. The monoisotopic (exact) mass is 555 g/mol. The van der Waals surface area contributed by atoms with Crippen LogP contribution in [0.1, 0.15) is 18.9 Å². The number of hydrogen-bond donors (Lipinski definition) is 3. The van der Waals surface area contributed by atoms with Crippen molar-refractivity contribution in [2.75, 3.05) is 55.4 Å². The number of piperazine rings is 1. The summed E-state index contributed by atoms with van der Waals surface area (Å²) < 4.78 is 7.69. The summed E-state index contributed by atoms with van der Waals surface area (Å²) in [5.41, 5.74) is 4.15. The van der Waals surface area contributed by atoms with E-state index in [0.29, 0.717) is 29.6 Å². The fourth-order valence-electron chi connectivity index (χ4n) is 4.86. The maximum Gasteiger partial charge on any atom is 0.257 e. The minimum Gasteiger partial charge on any atom is -0.491 e. The Hall–Kier alpha value is -4.41. The average molecular weight is 556 g/mol. The molecule has 214 valence electrons. The zero-order valence-electron chi connectivity index (χ0n) is 23.8. The molecule has 10 heteroatoms. The molecule has 1 unspecified atom stereocenters. The molecule has 4 aromatic rings. The number of aliphatic hydroxyl groups is 1. The number of likely N-dealkylation sites (N-methyl/N-ethyl adjacent to an activating group) is 1. The first kappa shape index (κ1) is 28.1. The summed E-state index contributed by atoms with van der Waals surface area (Å²) >= 11 is 0. The maximum absolute atomic E-state index is 13.3. The smallest absolute Gasteiger partial charge is 0.257 e. The number of aromatic nitrogens is 3. The van der Waals surface area contributed by atoms with E-state index >= 15 is 0 Å². The molecule has 0 saturated carbocycles. The second-order valence-electron chi connectivity index (χ2n) is 10.3. The Balaban J connectivity index is 1.52. The molecule has 41 heavy (non-hydrogen) atoms. The molecule has 1 aliphatic heterocycles. The average Bonchev–Trinajstić information content (AvgIpc) is 2.97. The second kappa shape index (κ2) is 12.4. The number of hydrogen-bond acceptors (Lipinski definition) is 9. The van der Waals surface area contributed by atoms with Gasteiger partial charge in [-0.15, -0.1) is 0 Å². The Morgan fingerprint density at radius 3 is 2.68 bits per heavy atom. The third-order valence-electron chi connectivity index (χ3n) is 7.15. The Kier molecular flexibility index (Phi) is 8.51. The number of aryl methyl sites for hydroxylation is 1. The lowest BCUT2D eigenvalue weighted by atomic mass is 10.2. The van der Waals surface area contributed by atoms with E-state index in [4.69, 9.17) is 9.72 Å². The molecule has 2 aromatic carbocycles. The lowest BCUT2D eigenvalue weighted by Gasteiger charge is -2.34. The van der Waals surface area contributed by atoms with Crippen molar-refractivity contribution in [2.24, 2.45) is 0 Å². The number of nitrogens with zero attached hydrogens (tertiary/aromatic N) is 5. The Morgan fingerprint density at radius 2 is 1.93 bits per heavy atom. The number of fused-ring (bicyclic) bond motifs is 1. The molecule has 0 radical (unpaired) electrons. The molecular formula is C31H37N7O3. The van der Waals surface area contributed by atoms with E-state index in [0.717, 1.165) is 60.7 Å². The van der Waals surface area contributed by atoms with Crippen LogP contribution in [0, 0.1) is 6.92 Å². The van der Waals surface area contributed by atoms with E-state index in [-0.39, 0.29) is 5.56 Å². The van der Waals surface area contributed by atoms with Gasteiger partial charge in [0, 0.05) is 61.3 Å². The molecule has 3 N–H and O–H groups in total. The SMILES string of the molecule is C=CC(O)Nc1cccc(-n2c(=O)cc(C)c3cnc(Nc4ccc(N5CCN(C)CC5)cc4OCCC)nc32)c1. The molecule has 1 atom stereocenters. The van der Waals surface area contributed by atoms with Gasteiger partial charge in [-0.25, -0.2) is 4.98 Å². The topological polar surface area (TPSA) is 108 Å². The van der Waals surface area contributed by atoms with Gasteiger partial charge in [0.15, 0.2) is 5.65 Å². The van der Waals surface area contributed by atoms with Crippen molar-refractivity contribution < 1.29 is 9.84 Å². The summed E-state index contributed by atoms with van der Waals surface area (Å²) in [5.74, 6) is 1.08. The van der Waals surface area contributed by atoms with Crippen molar-refractivity contribution in [2.45, 2.75) is 26.5 Å². The van der Waals surface area contributed by atoms with Crippen molar-refractivity contribution in [3.05, 3.63) is 83.3 Å². The number of anilines is 4. The van der Waals surface area contributed by atoms with Crippen LogP contribution in [0.3, 0.4) is 0 Å². The van der Waals surface area contributed by atoms with Crippen molar-refractivity contribution in [3.63, 3.8) is 0 Å². The zero-order chi connectivity index (χ0) is 28.9. The molecule has 0 spiro atoms. The Labute approximate surface area is 239 Å². The van der Waals surface area contributed by atoms with Crippen LogP contribution >= 0.6 is 0 Å². The summed E-state index contributed by atoms with van der Waals surface area (Å²) in [6.45, 7) is 12.1. The molecule has 10 nitrogen and oxygen atoms in total. The highest BCUT2D eigenvalue weighted by Gasteiger charge is 2.18. The van der Waals surface area contributed by atoms with E-state index in [1.54, 1.807) is 22.9 Å². The highest BCUT2D eigenvalue weighted by molar-refractivity contribution is 5.81. The van der Waals surface area contributed by atoms with Crippen molar-refractivity contribution in [1.29, 1.82) is 0 Å². The van der Waals surface area contributed by atoms with Gasteiger partial charge in [-0.05, 0) is 62.4 Å². The van der Waals surface area contributed by atoms with Gasteiger partial charge in [-0.2, -0.15) is 4.98 Å². The predicted molar refractivity (Wildman–Crippen MR) is 165 cm³/mol. The Morgan fingerprint density at radius 1 is 1.12 bits per heavy atom. The lowest BCUT2D eigenvalue weighted by Crippen LogP contribution is -2.44. The molecule has 5 rings (SSSR count). The summed E-state index contributed by atoms with van der Waals surface area (Å²) in [4.78, 5) is 27.3. The van der Waals surface area contributed by atoms with Gasteiger partial charge in [-0.3, -0.25) is 9.36 Å². The largest absolute Gasteiger partial charge is 0.491 e. The highest BCUT2D eigenvalue weighted by Crippen LogP contribution is 2.33. The standard InChI is InChI=1S/C31H37N7O3/c1-5-16-41-27-19-23(37-14-12-36(4)13-15-37)10-11-26(27)34-31-32-20-25-21(3)17-29(40)38(30(25)35-31)24-9-7-8-22(18-24)33-28(39)6-2/h6-11,17-20,28,33,39H,2,5,12-16H2,1,3-4H3,(H,32,34,35). The van der Waals surface area contributed by atoms with E-state index < -0.39 is 6.23 Å². The van der Waals surface area contributed by atoms with E-state index in [1.807, 2.05) is 31.2 Å². The van der Waals surface area contributed by atoms with Crippen LogP contribution in [-0.2, 0) is 0 Å². The highest BCUT2D eigenvalue weighted by atomic mass is 16.5. The molecule has 1 saturated heterocycles. The zero-order valence-corrected chi connectivity index (χ0v) is 23.8. The lowest BCUT2D eigenvalue weighted by molar-refractivity contribution is 0.253. The van der Waals surface area contributed by atoms with Crippen molar-refractivity contribution in [3.8, 4) is 11.4 Å². The third-order valence-corrected chi connectivity index (χ3v) is 7.15. The van der Waals surface area contributed by atoms with Crippen LogP contribution in [0.5, 0.6) is 5.75 Å². The predicted octanol–water partition coefficient (Wildman–Crippen LogP) is 4.29. The number of benzene rings is 2. The van der Waals surface area contributed by atoms with Crippen LogP contribution in [0.2, 0.25) is 0 Å². The maximum atomic E-state index is 13.3. The molecule has 1 fully saturated rings. The second-order valence-corrected chi connectivity index (χ2v) is 10.3. The van der Waals surface area contributed by atoms with E-state index in [9.17, 15) is 9.90 Å². The number of nitrogens with one attached hydrogen (secondary N) is 2. The normalized spacial score (nSPS) is 14.6. The first-order chi connectivity index (χ1) is 19.9. The number of aliphatic hydroxyl groups excluding tert-OH is 1. The number of ether oxygens (including phenoxy) is 1. The number of rotatable bonds is 10. The molecule has 0 amide bonds. The quantitative estimate of drug-likeness (QED) is 0.195.